The number of hydrogen-bond donors (Lipinski definition) is 3. The van der Waals surface area contributed by atoms with Gasteiger partial charge in [-0.3, -0.25) is 0 Å². The van der Waals surface area contributed by atoms with Crippen LogP contribution in [-0.2, 0) is 10.0 Å². The van der Waals surface area contributed by atoms with Crippen molar-refractivity contribution < 1.29 is 23.0 Å². The number of halogens is 1. The number of sulfonamides is 1. The van der Waals surface area contributed by atoms with Crippen molar-refractivity contribution in [2.45, 2.75) is 4.90 Å². The van der Waals surface area contributed by atoms with Crippen molar-refractivity contribution in [2.75, 3.05) is 32.0 Å². The van der Waals surface area contributed by atoms with E-state index in [0.29, 0.717) is 0 Å². The zero-order valence-corrected chi connectivity index (χ0v) is 10.4. The lowest BCUT2D eigenvalue weighted by atomic mass is 10.3. The Morgan fingerprint density at radius 2 is 1.78 bits per heavy atom. The van der Waals surface area contributed by atoms with Crippen LogP contribution in [0.1, 0.15) is 0 Å². The van der Waals surface area contributed by atoms with E-state index in [1.54, 1.807) is 0 Å². The molecule has 0 radical (unpaired) electrons. The van der Waals surface area contributed by atoms with Crippen LogP contribution in [0, 0.1) is 5.82 Å². The Hall–Kier alpha value is -1.22. The molecule has 0 aliphatic rings. The van der Waals surface area contributed by atoms with Gasteiger partial charge in [-0.25, -0.2) is 12.8 Å². The Balaban J connectivity index is 3.21. The number of aliphatic hydroxyl groups excluding tert-OH is 2. The summed E-state index contributed by atoms with van der Waals surface area (Å²) in [6.45, 7) is -1.21. The van der Waals surface area contributed by atoms with Crippen LogP contribution in [0.5, 0.6) is 0 Å². The van der Waals surface area contributed by atoms with E-state index in [0.717, 1.165) is 22.5 Å². The van der Waals surface area contributed by atoms with Gasteiger partial charge in [0, 0.05) is 13.1 Å². The second-order valence-corrected chi connectivity index (χ2v) is 5.44. The molecule has 0 saturated heterocycles. The third-order valence-corrected chi connectivity index (χ3v) is 4.25. The van der Waals surface area contributed by atoms with Gasteiger partial charge in [-0.15, -0.1) is 0 Å². The first kappa shape index (κ1) is 14.8. The number of anilines is 1. The zero-order valence-electron chi connectivity index (χ0n) is 9.58. The van der Waals surface area contributed by atoms with Gasteiger partial charge in [-0.2, -0.15) is 4.31 Å². The molecule has 0 fully saturated rings. The third-order valence-electron chi connectivity index (χ3n) is 2.29. The molecule has 18 heavy (non-hydrogen) atoms. The van der Waals surface area contributed by atoms with Crippen LogP contribution in [0.3, 0.4) is 0 Å². The van der Waals surface area contributed by atoms with Crippen molar-refractivity contribution in [1.29, 1.82) is 0 Å². The highest BCUT2D eigenvalue weighted by Crippen LogP contribution is 2.22. The average Bonchev–Trinajstić information content (AvgIpc) is 2.32. The fraction of sp³-hybridized carbons (Fsp3) is 0.400. The number of nitrogens with zero attached hydrogens (tertiary/aromatic N) is 1. The van der Waals surface area contributed by atoms with Crippen molar-refractivity contribution in [3.05, 3.63) is 24.0 Å². The average molecular weight is 278 g/mol. The largest absolute Gasteiger partial charge is 0.398 e. The summed E-state index contributed by atoms with van der Waals surface area (Å²) in [7, 11) is -4.03. The minimum absolute atomic E-state index is 0.0859. The number of rotatable bonds is 6. The number of benzene rings is 1. The Morgan fingerprint density at radius 3 is 2.28 bits per heavy atom. The van der Waals surface area contributed by atoms with Gasteiger partial charge >= 0.3 is 0 Å². The van der Waals surface area contributed by atoms with Gasteiger partial charge in [0.05, 0.1) is 18.9 Å². The van der Waals surface area contributed by atoms with Crippen molar-refractivity contribution >= 4 is 15.7 Å². The van der Waals surface area contributed by atoms with Crippen LogP contribution in [0.25, 0.3) is 0 Å². The molecule has 0 heterocycles. The fourth-order valence-electron chi connectivity index (χ4n) is 1.45. The van der Waals surface area contributed by atoms with Crippen molar-refractivity contribution in [1.82, 2.24) is 4.31 Å². The maximum Gasteiger partial charge on any atom is 0.245 e. The molecule has 102 valence electrons. The summed E-state index contributed by atoms with van der Waals surface area (Å²) >= 11 is 0. The van der Waals surface area contributed by atoms with E-state index < -0.39 is 29.1 Å². The summed E-state index contributed by atoms with van der Waals surface area (Å²) in [5.74, 6) is -0.726. The highest BCUT2D eigenvalue weighted by atomic mass is 32.2. The van der Waals surface area contributed by atoms with Gasteiger partial charge in [0.15, 0.2) is 0 Å². The summed E-state index contributed by atoms with van der Waals surface area (Å²) in [6.07, 6.45) is 0. The molecule has 0 bridgehead atoms. The molecule has 0 aliphatic heterocycles. The van der Waals surface area contributed by atoms with Gasteiger partial charge in [0.25, 0.3) is 0 Å². The first-order valence-corrected chi connectivity index (χ1v) is 6.64. The van der Waals surface area contributed by atoms with Gasteiger partial charge in [-0.1, -0.05) is 0 Å². The Kier molecular flexibility index (Phi) is 5.03. The number of aliphatic hydroxyl groups is 2. The molecule has 0 atom stereocenters. The molecule has 8 heteroatoms. The second-order valence-electron chi connectivity index (χ2n) is 3.53. The molecule has 0 unspecified atom stereocenters. The maximum atomic E-state index is 13.1. The topological polar surface area (TPSA) is 104 Å². The molecule has 0 aliphatic carbocycles. The normalized spacial score (nSPS) is 12.0. The number of hydrogen-bond acceptors (Lipinski definition) is 5. The quantitative estimate of drug-likeness (QED) is 0.602. The van der Waals surface area contributed by atoms with Crippen LogP contribution in [0.2, 0.25) is 0 Å². The Bertz CT molecular complexity index is 501. The van der Waals surface area contributed by atoms with E-state index in [1.165, 1.54) is 0 Å². The smallest absolute Gasteiger partial charge is 0.245 e. The predicted octanol–water partition coefficient (Wildman–Crippen LogP) is -0.617. The predicted molar refractivity (Wildman–Crippen MR) is 63.7 cm³/mol. The highest BCUT2D eigenvalue weighted by Gasteiger charge is 2.26. The summed E-state index contributed by atoms with van der Waals surface area (Å²) in [4.78, 5) is -0.371. The summed E-state index contributed by atoms with van der Waals surface area (Å²) in [5.41, 5.74) is 5.42. The van der Waals surface area contributed by atoms with Crippen molar-refractivity contribution in [3.63, 3.8) is 0 Å². The molecule has 0 aromatic heterocycles. The summed E-state index contributed by atoms with van der Waals surface area (Å²) in [5, 5.41) is 17.6. The first-order valence-electron chi connectivity index (χ1n) is 5.20. The molecule has 0 amide bonds. The van der Waals surface area contributed by atoms with E-state index in [2.05, 4.69) is 0 Å². The minimum atomic E-state index is -4.03. The standard InChI is InChI=1S/C10H15FN2O4S/c11-8-1-2-9(12)10(7-8)18(16,17)13(3-5-14)4-6-15/h1-2,7,14-15H,3-6,12H2. The van der Waals surface area contributed by atoms with Gasteiger partial charge < -0.3 is 15.9 Å². The van der Waals surface area contributed by atoms with E-state index in [-0.39, 0.29) is 23.7 Å². The molecule has 6 nitrogen and oxygen atoms in total. The number of nitrogen functional groups attached to an aromatic ring is 1. The zero-order chi connectivity index (χ0) is 13.8. The highest BCUT2D eigenvalue weighted by molar-refractivity contribution is 7.89. The van der Waals surface area contributed by atoms with Crippen LogP contribution < -0.4 is 5.73 Å². The van der Waals surface area contributed by atoms with E-state index in [4.69, 9.17) is 15.9 Å². The molecule has 4 N–H and O–H groups in total. The van der Waals surface area contributed by atoms with Gasteiger partial charge in [0.1, 0.15) is 10.7 Å². The lowest BCUT2D eigenvalue weighted by molar-refractivity contribution is 0.217. The Labute approximate surface area is 105 Å². The summed E-state index contributed by atoms with van der Waals surface area (Å²) < 4.78 is 38.2. The number of nitrogens with two attached hydrogens (primary N) is 1. The monoisotopic (exact) mass is 278 g/mol. The third kappa shape index (κ3) is 3.16. The minimum Gasteiger partial charge on any atom is -0.398 e. The summed E-state index contributed by atoms with van der Waals surface area (Å²) in [6, 6.07) is 3.02. The SMILES string of the molecule is Nc1ccc(F)cc1S(=O)(=O)N(CCO)CCO. The Morgan fingerprint density at radius 1 is 1.22 bits per heavy atom. The molecule has 1 rings (SSSR count). The van der Waals surface area contributed by atoms with E-state index >= 15 is 0 Å². The maximum absolute atomic E-state index is 13.1. The molecular weight excluding hydrogens is 263 g/mol. The lowest BCUT2D eigenvalue weighted by Gasteiger charge is -2.21. The molecular formula is C10H15FN2O4S. The van der Waals surface area contributed by atoms with Crippen LogP contribution in [0.4, 0.5) is 10.1 Å². The van der Waals surface area contributed by atoms with E-state index in [1.807, 2.05) is 0 Å². The van der Waals surface area contributed by atoms with Crippen molar-refractivity contribution in [2.24, 2.45) is 0 Å². The molecule has 1 aromatic carbocycles. The van der Waals surface area contributed by atoms with Gasteiger partial charge in [0.2, 0.25) is 10.0 Å². The molecule has 0 saturated carbocycles. The fourth-order valence-corrected chi connectivity index (χ4v) is 3.00. The van der Waals surface area contributed by atoms with Crippen LogP contribution >= 0.6 is 0 Å². The molecule has 0 spiro atoms. The van der Waals surface area contributed by atoms with Crippen molar-refractivity contribution in [3.8, 4) is 0 Å². The van der Waals surface area contributed by atoms with E-state index in [9.17, 15) is 12.8 Å². The second kappa shape index (κ2) is 6.10. The first-order chi connectivity index (χ1) is 8.43. The van der Waals surface area contributed by atoms with Crippen LogP contribution in [0.15, 0.2) is 23.1 Å². The van der Waals surface area contributed by atoms with Crippen LogP contribution in [-0.4, -0.2) is 49.2 Å². The van der Waals surface area contributed by atoms with Gasteiger partial charge in [-0.05, 0) is 18.2 Å². The molecule has 1 aromatic rings. The lowest BCUT2D eigenvalue weighted by Crippen LogP contribution is -2.36.